The van der Waals surface area contributed by atoms with Crippen molar-refractivity contribution in [2.45, 2.75) is 6.92 Å². The molecule has 1 amide bonds. The zero-order valence-electron chi connectivity index (χ0n) is 16.8. The summed E-state index contributed by atoms with van der Waals surface area (Å²) in [7, 11) is 1.52. The van der Waals surface area contributed by atoms with E-state index in [1.807, 2.05) is 13.0 Å². The van der Waals surface area contributed by atoms with Gasteiger partial charge in [0.1, 0.15) is 23.2 Å². The van der Waals surface area contributed by atoms with Crippen molar-refractivity contribution in [2.75, 3.05) is 43.5 Å². The van der Waals surface area contributed by atoms with Gasteiger partial charge in [0.2, 0.25) is 0 Å². The molecule has 0 aliphatic carbocycles. The summed E-state index contributed by atoms with van der Waals surface area (Å²) in [6.45, 7) is 4.01. The molecule has 0 bridgehead atoms. The molecule has 2 aromatic carbocycles. The second kappa shape index (κ2) is 9.51. The van der Waals surface area contributed by atoms with E-state index in [1.165, 1.54) is 25.4 Å². The number of nitrogens with one attached hydrogen (secondary N) is 1. The molecule has 30 heavy (non-hydrogen) atoms. The zero-order chi connectivity index (χ0) is 21.7. The van der Waals surface area contributed by atoms with Gasteiger partial charge < -0.3 is 19.9 Å². The Labute approximate surface area is 180 Å². The van der Waals surface area contributed by atoms with Crippen LogP contribution >= 0.6 is 11.6 Å². The minimum Gasteiger partial charge on any atom is -0.495 e. The second-order valence-electron chi connectivity index (χ2n) is 6.87. The molecule has 0 radical (unpaired) electrons. The number of benzene rings is 2. The van der Waals surface area contributed by atoms with Crippen molar-refractivity contribution in [3.05, 3.63) is 64.6 Å². The molecular formula is C22H22ClFN4O2. The molecule has 3 rings (SSSR count). The standard InChI is InChI=1S/C22H22ClFN4O2/c1-15-11-20(21(30-2)12-19(15)23)26-14-16(13-25)22(29)28-9-7-27(8-10-28)18-5-3-17(24)4-6-18/h3-6,11-12,14,26H,7-10H2,1-2H3/b16-14-. The van der Waals surface area contributed by atoms with E-state index >= 15 is 0 Å². The van der Waals surface area contributed by atoms with Crippen LogP contribution in [-0.2, 0) is 4.79 Å². The number of methoxy groups -OCH3 is 1. The van der Waals surface area contributed by atoms with Gasteiger partial charge in [0.25, 0.3) is 5.91 Å². The lowest BCUT2D eigenvalue weighted by Crippen LogP contribution is -2.49. The highest BCUT2D eigenvalue weighted by atomic mass is 35.5. The molecule has 0 unspecified atom stereocenters. The van der Waals surface area contributed by atoms with Crippen LogP contribution in [0.5, 0.6) is 5.75 Å². The predicted octanol–water partition coefficient (Wildman–Crippen LogP) is 3.96. The Morgan fingerprint density at radius 1 is 1.23 bits per heavy atom. The highest BCUT2D eigenvalue weighted by Crippen LogP contribution is 2.31. The van der Waals surface area contributed by atoms with Gasteiger partial charge in [-0.05, 0) is 42.8 Å². The van der Waals surface area contributed by atoms with E-state index in [4.69, 9.17) is 16.3 Å². The molecule has 1 aliphatic heterocycles. The number of nitriles is 1. The van der Waals surface area contributed by atoms with Crippen LogP contribution < -0.4 is 15.0 Å². The van der Waals surface area contributed by atoms with Gasteiger partial charge in [-0.2, -0.15) is 5.26 Å². The van der Waals surface area contributed by atoms with Crippen LogP contribution in [0.4, 0.5) is 15.8 Å². The van der Waals surface area contributed by atoms with E-state index < -0.39 is 0 Å². The fourth-order valence-electron chi connectivity index (χ4n) is 3.23. The van der Waals surface area contributed by atoms with Crippen molar-refractivity contribution in [3.8, 4) is 11.8 Å². The van der Waals surface area contributed by atoms with Gasteiger partial charge in [0.15, 0.2) is 0 Å². The molecule has 0 atom stereocenters. The van der Waals surface area contributed by atoms with E-state index in [0.29, 0.717) is 42.6 Å². The number of hydrogen-bond donors (Lipinski definition) is 1. The van der Waals surface area contributed by atoms with Gasteiger partial charge >= 0.3 is 0 Å². The summed E-state index contributed by atoms with van der Waals surface area (Å²) in [6.07, 6.45) is 1.39. The molecule has 1 heterocycles. The number of carbonyl (C=O) groups is 1. The molecule has 2 aromatic rings. The Kier molecular flexibility index (Phi) is 6.80. The maximum absolute atomic E-state index is 13.1. The first-order valence-corrected chi connectivity index (χ1v) is 9.81. The maximum Gasteiger partial charge on any atom is 0.266 e. The monoisotopic (exact) mass is 428 g/mol. The van der Waals surface area contributed by atoms with Crippen molar-refractivity contribution in [1.29, 1.82) is 5.26 Å². The average Bonchev–Trinajstić information content (AvgIpc) is 2.76. The molecule has 1 aliphatic rings. The number of nitrogens with zero attached hydrogens (tertiary/aromatic N) is 3. The van der Waals surface area contributed by atoms with Gasteiger partial charge in [-0.3, -0.25) is 4.79 Å². The SMILES string of the molecule is COc1cc(Cl)c(C)cc1N/C=C(/C#N)C(=O)N1CCN(c2ccc(F)cc2)CC1. The number of piperazine rings is 1. The Hall–Kier alpha value is -3.24. The number of amides is 1. The Balaban J connectivity index is 1.66. The molecule has 0 saturated carbocycles. The molecule has 8 heteroatoms. The second-order valence-corrected chi connectivity index (χ2v) is 7.28. The van der Waals surface area contributed by atoms with E-state index in [-0.39, 0.29) is 17.3 Å². The van der Waals surface area contributed by atoms with Crippen molar-refractivity contribution >= 4 is 28.9 Å². The van der Waals surface area contributed by atoms with E-state index in [9.17, 15) is 14.4 Å². The number of rotatable bonds is 5. The third kappa shape index (κ3) is 4.84. The molecule has 6 nitrogen and oxygen atoms in total. The number of hydrogen-bond acceptors (Lipinski definition) is 5. The van der Waals surface area contributed by atoms with Gasteiger partial charge in [-0.1, -0.05) is 11.6 Å². The third-order valence-electron chi connectivity index (χ3n) is 4.96. The minimum absolute atomic E-state index is 0.000103. The Morgan fingerprint density at radius 3 is 2.50 bits per heavy atom. The highest BCUT2D eigenvalue weighted by Gasteiger charge is 2.24. The molecule has 0 aromatic heterocycles. The minimum atomic E-state index is -0.339. The van der Waals surface area contributed by atoms with E-state index in [0.717, 1.165) is 11.3 Å². The summed E-state index contributed by atoms with van der Waals surface area (Å²) in [4.78, 5) is 16.5. The molecular weight excluding hydrogens is 407 g/mol. The summed E-state index contributed by atoms with van der Waals surface area (Å²) in [5, 5.41) is 13.0. The smallest absolute Gasteiger partial charge is 0.266 e. The normalized spacial score (nSPS) is 14.3. The van der Waals surface area contributed by atoms with Crippen LogP contribution in [0.25, 0.3) is 0 Å². The predicted molar refractivity (Wildman–Crippen MR) is 115 cm³/mol. The fourth-order valence-corrected chi connectivity index (χ4v) is 3.38. The highest BCUT2D eigenvalue weighted by molar-refractivity contribution is 6.31. The van der Waals surface area contributed by atoms with Crippen molar-refractivity contribution in [1.82, 2.24) is 4.90 Å². The maximum atomic E-state index is 13.1. The average molecular weight is 429 g/mol. The molecule has 1 saturated heterocycles. The number of ether oxygens (including phenoxy) is 1. The summed E-state index contributed by atoms with van der Waals surface area (Å²) < 4.78 is 18.4. The number of carbonyl (C=O) groups excluding carboxylic acids is 1. The Bertz CT molecular complexity index is 993. The van der Waals surface area contributed by atoms with Crippen LogP contribution in [0.1, 0.15) is 5.56 Å². The van der Waals surface area contributed by atoms with Crippen LogP contribution in [0.15, 0.2) is 48.2 Å². The molecule has 1 fully saturated rings. The topological polar surface area (TPSA) is 68.6 Å². The number of anilines is 2. The summed E-state index contributed by atoms with van der Waals surface area (Å²) in [5.74, 6) is -0.107. The van der Waals surface area contributed by atoms with Crippen molar-refractivity contribution in [2.24, 2.45) is 0 Å². The fraction of sp³-hybridized carbons (Fsp3) is 0.273. The lowest BCUT2D eigenvalue weighted by molar-refractivity contribution is -0.127. The first-order valence-electron chi connectivity index (χ1n) is 9.43. The summed E-state index contributed by atoms with van der Waals surface area (Å²) in [5.41, 5.74) is 2.36. The number of halogens is 2. The lowest BCUT2D eigenvalue weighted by atomic mass is 10.2. The van der Waals surface area contributed by atoms with Crippen molar-refractivity contribution < 1.29 is 13.9 Å². The summed E-state index contributed by atoms with van der Waals surface area (Å²) >= 11 is 6.11. The van der Waals surface area contributed by atoms with Gasteiger partial charge in [0.05, 0.1) is 12.8 Å². The molecule has 1 N–H and O–H groups in total. The third-order valence-corrected chi connectivity index (χ3v) is 5.37. The van der Waals surface area contributed by atoms with Gasteiger partial charge in [-0.25, -0.2) is 4.39 Å². The summed E-state index contributed by atoms with van der Waals surface area (Å²) in [6, 6.07) is 11.7. The zero-order valence-corrected chi connectivity index (χ0v) is 17.5. The lowest BCUT2D eigenvalue weighted by Gasteiger charge is -2.36. The molecule has 156 valence electrons. The van der Waals surface area contributed by atoms with Crippen LogP contribution in [-0.4, -0.2) is 44.1 Å². The van der Waals surface area contributed by atoms with Crippen LogP contribution in [0, 0.1) is 24.1 Å². The van der Waals surface area contributed by atoms with Gasteiger partial charge in [-0.15, -0.1) is 0 Å². The van der Waals surface area contributed by atoms with Gasteiger partial charge in [0, 0.05) is 49.2 Å². The van der Waals surface area contributed by atoms with E-state index in [1.54, 1.807) is 29.2 Å². The quantitative estimate of drug-likeness (QED) is 0.576. The first-order chi connectivity index (χ1) is 14.4. The number of aryl methyl sites for hydroxylation is 1. The first kappa shape index (κ1) is 21.5. The van der Waals surface area contributed by atoms with E-state index in [2.05, 4.69) is 10.2 Å². The van der Waals surface area contributed by atoms with Crippen LogP contribution in [0.2, 0.25) is 5.02 Å². The Morgan fingerprint density at radius 2 is 1.90 bits per heavy atom. The largest absolute Gasteiger partial charge is 0.495 e. The van der Waals surface area contributed by atoms with Crippen LogP contribution in [0.3, 0.4) is 0 Å². The van der Waals surface area contributed by atoms with Crippen molar-refractivity contribution in [3.63, 3.8) is 0 Å². The molecule has 0 spiro atoms.